The Bertz CT molecular complexity index is 1140. The van der Waals surface area contributed by atoms with E-state index < -0.39 is 0 Å². The normalized spacial score (nSPS) is 11.7. The van der Waals surface area contributed by atoms with Gasteiger partial charge in [-0.05, 0) is 35.9 Å². The fourth-order valence-electron chi connectivity index (χ4n) is 2.95. The van der Waals surface area contributed by atoms with Crippen molar-refractivity contribution >= 4 is 29.0 Å². The van der Waals surface area contributed by atoms with E-state index in [0.29, 0.717) is 12.4 Å². The SMILES string of the molecule is c1ccc(Oc2ccc(NCc3ccc4c(c3)Nc3nccnc3S4)cn2)cc1. The Morgan fingerprint density at radius 1 is 0.931 bits per heavy atom. The minimum atomic E-state index is 0.566. The molecule has 2 aromatic heterocycles. The lowest BCUT2D eigenvalue weighted by molar-refractivity contribution is 0.463. The van der Waals surface area contributed by atoms with Gasteiger partial charge in [0.25, 0.3) is 0 Å². The predicted molar refractivity (Wildman–Crippen MR) is 114 cm³/mol. The number of aromatic nitrogens is 3. The summed E-state index contributed by atoms with van der Waals surface area (Å²) in [7, 11) is 0. The van der Waals surface area contributed by atoms with Crippen LogP contribution in [0.2, 0.25) is 0 Å². The summed E-state index contributed by atoms with van der Waals surface area (Å²) in [5, 5.41) is 7.65. The van der Waals surface area contributed by atoms with Crippen LogP contribution in [-0.2, 0) is 6.54 Å². The first-order valence-electron chi connectivity index (χ1n) is 9.15. The van der Waals surface area contributed by atoms with Gasteiger partial charge in [-0.3, -0.25) is 0 Å². The molecule has 0 saturated carbocycles. The number of hydrogen-bond acceptors (Lipinski definition) is 7. The fourth-order valence-corrected chi connectivity index (χ4v) is 3.83. The van der Waals surface area contributed by atoms with Crippen molar-refractivity contribution < 1.29 is 4.74 Å². The average Bonchev–Trinajstić information content (AvgIpc) is 2.78. The largest absolute Gasteiger partial charge is 0.439 e. The molecule has 4 aromatic rings. The van der Waals surface area contributed by atoms with Crippen molar-refractivity contribution in [3.8, 4) is 11.6 Å². The second kappa shape index (κ2) is 7.81. The van der Waals surface area contributed by atoms with Crippen LogP contribution in [-0.4, -0.2) is 15.0 Å². The maximum Gasteiger partial charge on any atom is 0.219 e. The zero-order chi connectivity index (χ0) is 19.5. The molecule has 0 fully saturated rings. The van der Waals surface area contributed by atoms with Gasteiger partial charge in [-0.2, -0.15) is 0 Å². The van der Waals surface area contributed by atoms with Crippen molar-refractivity contribution in [2.45, 2.75) is 16.5 Å². The van der Waals surface area contributed by atoms with Crippen LogP contribution in [0.25, 0.3) is 0 Å². The van der Waals surface area contributed by atoms with E-state index in [1.54, 1.807) is 30.4 Å². The Balaban J connectivity index is 1.23. The number of nitrogens with zero attached hydrogens (tertiary/aromatic N) is 3. The third-order valence-electron chi connectivity index (χ3n) is 4.37. The third kappa shape index (κ3) is 4.00. The van der Waals surface area contributed by atoms with E-state index in [9.17, 15) is 0 Å². The molecule has 0 saturated heterocycles. The zero-order valence-corrected chi connectivity index (χ0v) is 16.2. The molecule has 2 aromatic carbocycles. The summed E-state index contributed by atoms with van der Waals surface area (Å²) in [6.07, 6.45) is 5.18. The minimum Gasteiger partial charge on any atom is -0.439 e. The van der Waals surface area contributed by atoms with E-state index in [0.717, 1.165) is 38.4 Å². The zero-order valence-electron chi connectivity index (χ0n) is 15.4. The summed E-state index contributed by atoms with van der Waals surface area (Å²) < 4.78 is 5.73. The van der Waals surface area contributed by atoms with Crippen LogP contribution in [0.3, 0.4) is 0 Å². The molecule has 5 rings (SSSR count). The van der Waals surface area contributed by atoms with Crippen molar-refractivity contribution in [3.05, 3.63) is 84.8 Å². The van der Waals surface area contributed by atoms with Gasteiger partial charge in [-0.15, -0.1) is 0 Å². The van der Waals surface area contributed by atoms with Crippen LogP contribution in [0, 0.1) is 0 Å². The third-order valence-corrected chi connectivity index (χ3v) is 5.43. The number of nitrogens with one attached hydrogen (secondary N) is 2. The number of benzene rings is 2. The minimum absolute atomic E-state index is 0.566. The summed E-state index contributed by atoms with van der Waals surface area (Å²) >= 11 is 1.63. The van der Waals surface area contributed by atoms with Crippen LogP contribution in [0.4, 0.5) is 17.2 Å². The average molecular weight is 399 g/mol. The monoisotopic (exact) mass is 399 g/mol. The molecule has 0 spiro atoms. The number of anilines is 3. The standard InChI is InChI=1S/C22H17N5OS/c1-2-4-17(5-3-1)28-20-9-7-16(14-26-20)25-13-15-6-8-19-18(12-15)27-21-22(29-19)24-11-10-23-21/h1-12,14,25H,13H2,(H,23,27). The molecular weight excluding hydrogens is 382 g/mol. The van der Waals surface area contributed by atoms with E-state index >= 15 is 0 Å². The van der Waals surface area contributed by atoms with Crippen molar-refractivity contribution in [1.29, 1.82) is 0 Å². The summed E-state index contributed by atoms with van der Waals surface area (Å²) in [4.78, 5) is 14.2. The lowest BCUT2D eigenvalue weighted by Gasteiger charge is -2.19. The van der Waals surface area contributed by atoms with Gasteiger partial charge in [0, 0.05) is 29.9 Å². The van der Waals surface area contributed by atoms with Gasteiger partial charge in [-0.1, -0.05) is 36.0 Å². The maximum atomic E-state index is 5.73. The highest BCUT2D eigenvalue weighted by molar-refractivity contribution is 7.99. The van der Waals surface area contributed by atoms with Crippen LogP contribution in [0.5, 0.6) is 11.6 Å². The molecule has 1 aliphatic heterocycles. The highest BCUT2D eigenvalue weighted by Gasteiger charge is 2.17. The molecule has 0 bridgehead atoms. The molecule has 0 aliphatic carbocycles. The Hall–Kier alpha value is -3.58. The van der Waals surface area contributed by atoms with Gasteiger partial charge in [0.1, 0.15) is 10.8 Å². The van der Waals surface area contributed by atoms with Crippen molar-refractivity contribution in [1.82, 2.24) is 15.0 Å². The molecule has 2 N–H and O–H groups in total. The molecule has 29 heavy (non-hydrogen) atoms. The Morgan fingerprint density at radius 2 is 1.83 bits per heavy atom. The summed E-state index contributed by atoms with van der Waals surface area (Å²) in [5.41, 5.74) is 3.14. The van der Waals surface area contributed by atoms with E-state index in [4.69, 9.17) is 4.74 Å². The first-order valence-corrected chi connectivity index (χ1v) is 9.97. The van der Waals surface area contributed by atoms with Crippen molar-refractivity contribution in [2.75, 3.05) is 10.6 Å². The van der Waals surface area contributed by atoms with E-state index in [1.165, 1.54) is 0 Å². The molecule has 0 amide bonds. The van der Waals surface area contributed by atoms with Gasteiger partial charge in [-0.25, -0.2) is 15.0 Å². The lowest BCUT2D eigenvalue weighted by atomic mass is 10.2. The smallest absolute Gasteiger partial charge is 0.219 e. The van der Waals surface area contributed by atoms with Crippen molar-refractivity contribution in [2.24, 2.45) is 0 Å². The van der Waals surface area contributed by atoms with E-state index in [-0.39, 0.29) is 0 Å². The molecule has 3 heterocycles. The summed E-state index contributed by atoms with van der Waals surface area (Å²) in [6.45, 7) is 0.688. The number of para-hydroxylation sites is 1. The Morgan fingerprint density at radius 3 is 2.69 bits per heavy atom. The molecule has 0 unspecified atom stereocenters. The van der Waals surface area contributed by atoms with Crippen LogP contribution in [0.1, 0.15) is 5.56 Å². The predicted octanol–water partition coefficient (Wildman–Crippen LogP) is 5.48. The number of rotatable bonds is 5. The lowest BCUT2D eigenvalue weighted by Crippen LogP contribution is -2.05. The number of pyridine rings is 1. The Kier molecular flexibility index (Phi) is 4.72. The molecule has 1 aliphatic rings. The molecule has 0 atom stereocenters. The quantitative estimate of drug-likeness (QED) is 0.405. The van der Waals surface area contributed by atoms with Gasteiger partial charge >= 0.3 is 0 Å². The molecule has 142 valence electrons. The summed E-state index contributed by atoms with van der Waals surface area (Å²) in [5.74, 6) is 2.14. The summed E-state index contributed by atoms with van der Waals surface area (Å²) in [6, 6.07) is 19.8. The first-order chi connectivity index (χ1) is 14.3. The molecule has 0 radical (unpaired) electrons. The topological polar surface area (TPSA) is 72.0 Å². The van der Waals surface area contributed by atoms with Crippen LogP contribution >= 0.6 is 11.8 Å². The van der Waals surface area contributed by atoms with Crippen molar-refractivity contribution in [3.63, 3.8) is 0 Å². The van der Waals surface area contributed by atoms with E-state index in [2.05, 4.69) is 43.8 Å². The number of fused-ring (bicyclic) bond motifs is 2. The fraction of sp³-hybridized carbons (Fsp3) is 0.0455. The van der Waals surface area contributed by atoms with Gasteiger partial charge < -0.3 is 15.4 Å². The number of ether oxygens (including phenoxy) is 1. The number of hydrogen-bond donors (Lipinski definition) is 2. The van der Waals surface area contributed by atoms with Gasteiger partial charge in [0.05, 0.1) is 17.6 Å². The first kappa shape index (κ1) is 17.5. The molecular formula is C22H17N5OS. The van der Waals surface area contributed by atoms with Gasteiger partial charge in [0.2, 0.25) is 5.88 Å². The molecule has 7 heteroatoms. The van der Waals surface area contributed by atoms with Crippen LogP contribution in [0.15, 0.2) is 89.2 Å². The van der Waals surface area contributed by atoms with E-state index in [1.807, 2.05) is 42.5 Å². The molecule has 6 nitrogen and oxygen atoms in total. The highest BCUT2D eigenvalue weighted by atomic mass is 32.2. The van der Waals surface area contributed by atoms with Crippen LogP contribution < -0.4 is 15.4 Å². The van der Waals surface area contributed by atoms with Gasteiger partial charge in [0.15, 0.2) is 5.82 Å². The Labute approximate surface area is 172 Å². The highest BCUT2D eigenvalue weighted by Crippen LogP contribution is 2.42. The second-order valence-electron chi connectivity index (χ2n) is 6.42. The second-order valence-corrected chi connectivity index (χ2v) is 7.45. The maximum absolute atomic E-state index is 5.73.